The molecule has 100 valence electrons. The molecule has 0 saturated heterocycles. The van der Waals surface area contributed by atoms with Crippen LogP contribution < -0.4 is 0 Å². The molecule has 0 fully saturated rings. The maximum Gasteiger partial charge on any atom is 0.129 e. The van der Waals surface area contributed by atoms with E-state index in [1.807, 2.05) is 6.92 Å². The van der Waals surface area contributed by atoms with Crippen molar-refractivity contribution in [2.75, 3.05) is 0 Å². The molecule has 2 aromatic carbocycles. The fourth-order valence-electron chi connectivity index (χ4n) is 1.85. The minimum Gasteiger partial charge on any atom is -0.388 e. The molecule has 0 amide bonds. The molecule has 1 unspecified atom stereocenters. The molecule has 0 aromatic heterocycles. The van der Waals surface area contributed by atoms with Crippen LogP contribution >= 0.6 is 11.6 Å². The summed E-state index contributed by atoms with van der Waals surface area (Å²) in [7, 11) is 0. The number of benzene rings is 2. The van der Waals surface area contributed by atoms with Crippen molar-refractivity contribution in [2.45, 2.75) is 19.4 Å². The number of aliphatic hydroxyl groups is 1. The van der Waals surface area contributed by atoms with Crippen LogP contribution in [0.5, 0.6) is 0 Å². The van der Waals surface area contributed by atoms with Crippen LogP contribution in [0.4, 0.5) is 8.78 Å². The van der Waals surface area contributed by atoms with Gasteiger partial charge in [-0.25, -0.2) is 8.78 Å². The van der Waals surface area contributed by atoms with Gasteiger partial charge in [0.25, 0.3) is 0 Å². The van der Waals surface area contributed by atoms with Crippen LogP contribution in [-0.2, 0) is 6.42 Å². The molecule has 1 atom stereocenters. The first-order valence-corrected chi connectivity index (χ1v) is 6.24. The molecule has 0 aliphatic heterocycles. The third kappa shape index (κ3) is 3.11. The summed E-state index contributed by atoms with van der Waals surface area (Å²) in [5.74, 6) is -1.31. The van der Waals surface area contributed by atoms with Crippen LogP contribution in [0.1, 0.15) is 22.8 Å². The molecule has 0 radical (unpaired) electrons. The summed E-state index contributed by atoms with van der Waals surface area (Å²) in [5.41, 5.74) is 1.31. The topological polar surface area (TPSA) is 20.2 Å². The van der Waals surface area contributed by atoms with Gasteiger partial charge in [0.15, 0.2) is 0 Å². The van der Waals surface area contributed by atoms with Crippen molar-refractivity contribution >= 4 is 11.6 Å². The fraction of sp³-hybridized carbons (Fsp3) is 0.200. The highest BCUT2D eigenvalue weighted by Crippen LogP contribution is 2.25. The van der Waals surface area contributed by atoms with Gasteiger partial charge in [-0.2, -0.15) is 0 Å². The predicted molar refractivity (Wildman–Crippen MR) is 71.2 cm³/mol. The Labute approximate surface area is 115 Å². The Balaban J connectivity index is 2.25. The van der Waals surface area contributed by atoms with E-state index < -0.39 is 17.7 Å². The smallest absolute Gasteiger partial charge is 0.129 e. The van der Waals surface area contributed by atoms with Gasteiger partial charge >= 0.3 is 0 Å². The van der Waals surface area contributed by atoms with Crippen molar-refractivity contribution in [3.05, 3.63) is 69.7 Å². The van der Waals surface area contributed by atoms with Crippen molar-refractivity contribution < 1.29 is 13.9 Å². The molecule has 1 nitrogen and oxygen atoms in total. The minimum atomic E-state index is -0.996. The van der Waals surface area contributed by atoms with Crippen LogP contribution in [0, 0.1) is 18.6 Å². The van der Waals surface area contributed by atoms with Crippen LogP contribution in [0.25, 0.3) is 0 Å². The molecule has 0 saturated carbocycles. The van der Waals surface area contributed by atoms with E-state index >= 15 is 0 Å². The van der Waals surface area contributed by atoms with Crippen molar-refractivity contribution in [2.24, 2.45) is 0 Å². The standard InChI is InChI=1S/C15H13ClF2O/c1-9-5-6-10(7-12(9)16)15(19)8-11-13(17)3-2-4-14(11)18/h2-7,15,19H,8H2,1H3. The van der Waals surface area contributed by atoms with E-state index in [-0.39, 0.29) is 12.0 Å². The largest absolute Gasteiger partial charge is 0.388 e. The Morgan fingerprint density at radius 1 is 1.16 bits per heavy atom. The highest BCUT2D eigenvalue weighted by Gasteiger charge is 2.15. The summed E-state index contributed by atoms with van der Waals surface area (Å²) in [6, 6.07) is 8.72. The number of rotatable bonds is 3. The van der Waals surface area contributed by atoms with E-state index in [1.165, 1.54) is 18.2 Å². The van der Waals surface area contributed by atoms with Crippen molar-refractivity contribution in [1.82, 2.24) is 0 Å². The third-order valence-corrected chi connectivity index (χ3v) is 3.45. The monoisotopic (exact) mass is 282 g/mol. The van der Waals surface area contributed by atoms with Crippen LogP contribution in [0.2, 0.25) is 5.02 Å². The zero-order chi connectivity index (χ0) is 14.0. The second-order valence-corrected chi connectivity index (χ2v) is 4.84. The van der Waals surface area contributed by atoms with E-state index in [4.69, 9.17) is 11.6 Å². The summed E-state index contributed by atoms with van der Waals surface area (Å²) in [6.45, 7) is 1.84. The van der Waals surface area contributed by atoms with Gasteiger partial charge in [-0.05, 0) is 36.2 Å². The zero-order valence-electron chi connectivity index (χ0n) is 10.3. The Morgan fingerprint density at radius 3 is 2.37 bits per heavy atom. The van der Waals surface area contributed by atoms with Crippen molar-refractivity contribution in [3.8, 4) is 0 Å². The second kappa shape index (κ2) is 5.68. The van der Waals surface area contributed by atoms with Crippen LogP contribution in [0.15, 0.2) is 36.4 Å². The van der Waals surface area contributed by atoms with E-state index in [2.05, 4.69) is 0 Å². The molecule has 1 N–H and O–H groups in total. The molecule has 0 aliphatic rings. The molecular formula is C15H13ClF2O. The summed E-state index contributed by atoms with van der Waals surface area (Å²) >= 11 is 5.96. The number of aliphatic hydroxyl groups excluding tert-OH is 1. The van der Waals surface area contributed by atoms with Gasteiger partial charge in [-0.3, -0.25) is 0 Å². The molecule has 0 heterocycles. The van der Waals surface area contributed by atoms with E-state index in [1.54, 1.807) is 18.2 Å². The maximum absolute atomic E-state index is 13.5. The van der Waals surface area contributed by atoms with Gasteiger partial charge in [-0.1, -0.05) is 29.8 Å². The average Bonchev–Trinajstić information content (AvgIpc) is 2.37. The Kier molecular flexibility index (Phi) is 4.17. The van der Waals surface area contributed by atoms with Crippen LogP contribution in [0.3, 0.4) is 0 Å². The fourth-order valence-corrected chi connectivity index (χ4v) is 2.04. The van der Waals surface area contributed by atoms with E-state index in [0.29, 0.717) is 10.6 Å². The summed E-state index contributed by atoms with van der Waals surface area (Å²) in [6.07, 6.45) is -1.12. The molecule has 2 aromatic rings. The number of hydrogen-bond acceptors (Lipinski definition) is 1. The molecule has 0 bridgehead atoms. The molecule has 0 aliphatic carbocycles. The summed E-state index contributed by atoms with van der Waals surface area (Å²) in [5, 5.41) is 10.6. The first-order chi connectivity index (χ1) is 8.99. The maximum atomic E-state index is 13.5. The van der Waals surface area contributed by atoms with Gasteiger partial charge in [0.2, 0.25) is 0 Å². The van der Waals surface area contributed by atoms with Gasteiger partial charge in [-0.15, -0.1) is 0 Å². The first-order valence-electron chi connectivity index (χ1n) is 5.86. The van der Waals surface area contributed by atoms with E-state index in [9.17, 15) is 13.9 Å². The van der Waals surface area contributed by atoms with Gasteiger partial charge in [0.05, 0.1) is 6.10 Å². The molecule has 2 rings (SSSR count). The van der Waals surface area contributed by atoms with E-state index in [0.717, 1.165) is 5.56 Å². The van der Waals surface area contributed by atoms with Gasteiger partial charge in [0, 0.05) is 17.0 Å². The molecule has 19 heavy (non-hydrogen) atoms. The lowest BCUT2D eigenvalue weighted by atomic mass is 10.00. The molecule has 0 spiro atoms. The summed E-state index contributed by atoms with van der Waals surface area (Å²) < 4.78 is 27.0. The lowest BCUT2D eigenvalue weighted by molar-refractivity contribution is 0.175. The van der Waals surface area contributed by atoms with Crippen LogP contribution in [-0.4, -0.2) is 5.11 Å². The Bertz CT molecular complexity index is 578. The number of aryl methyl sites for hydroxylation is 1. The van der Waals surface area contributed by atoms with Gasteiger partial charge < -0.3 is 5.11 Å². The van der Waals surface area contributed by atoms with Gasteiger partial charge in [0.1, 0.15) is 11.6 Å². The second-order valence-electron chi connectivity index (χ2n) is 4.43. The summed E-state index contributed by atoms with van der Waals surface area (Å²) in [4.78, 5) is 0. The average molecular weight is 283 g/mol. The SMILES string of the molecule is Cc1ccc(C(O)Cc2c(F)cccc2F)cc1Cl. The molecular weight excluding hydrogens is 270 g/mol. The highest BCUT2D eigenvalue weighted by molar-refractivity contribution is 6.31. The quantitative estimate of drug-likeness (QED) is 0.894. The zero-order valence-corrected chi connectivity index (χ0v) is 11.1. The number of hydrogen-bond donors (Lipinski definition) is 1. The molecule has 4 heteroatoms. The third-order valence-electron chi connectivity index (χ3n) is 3.04. The van der Waals surface area contributed by atoms with Crippen molar-refractivity contribution in [1.29, 1.82) is 0 Å². The number of halogens is 3. The minimum absolute atomic E-state index is 0.119. The van der Waals surface area contributed by atoms with Crippen molar-refractivity contribution in [3.63, 3.8) is 0 Å². The lowest BCUT2D eigenvalue weighted by Crippen LogP contribution is -2.06. The normalized spacial score (nSPS) is 12.5. The Hall–Kier alpha value is -1.45. The highest BCUT2D eigenvalue weighted by atomic mass is 35.5. The predicted octanol–water partition coefficient (Wildman–Crippen LogP) is 4.20. The lowest BCUT2D eigenvalue weighted by Gasteiger charge is -2.13. The first kappa shape index (κ1) is 14.0. The Morgan fingerprint density at radius 2 is 1.79 bits per heavy atom.